The molecule has 0 saturated heterocycles. The van der Waals surface area contributed by atoms with Crippen molar-refractivity contribution in [2.45, 2.75) is 11.1 Å². The van der Waals surface area contributed by atoms with Crippen LogP contribution in [0.5, 0.6) is 28.9 Å². The Morgan fingerprint density at radius 2 is 1.95 bits per heavy atom. The Balaban J connectivity index is 1.75. The smallest absolute Gasteiger partial charge is 0.319 e. The van der Waals surface area contributed by atoms with Crippen LogP contribution in [0.3, 0.4) is 0 Å². The first-order chi connectivity index (χ1) is 18.4. The predicted octanol–water partition coefficient (Wildman–Crippen LogP) is 2.81. The van der Waals surface area contributed by atoms with Gasteiger partial charge in [0.2, 0.25) is 11.6 Å². The molecule has 2 heterocycles. The molecule has 0 fully saturated rings. The number of aliphatic carboxylic acids is 1. The number of aliphatic imine (C=N–C) groups is 1. The maximum atomic E-state index is 15.4. The normalized spacial score (nSPS) is 15.3. The van der Waals surface area contributed by atoms with Gasteiger partial charge in [0.15, 0.2) is 32.9 Å². The Morgan fingerprint density at radius 3 is 2.59 bits per heavy atom. The number of sulfone groups is 1. The van der Waals surface area contributed by atoms with Crippen LogP contribution in [-0.4, -0.2) is 65.9 Å². The highest BCUT2D eigenvalue weighted by Crippen LogP contribution is 2.40. The molecule has 2 aromatic carbocycles. The highest BCUT2D eigenvalue weighted by molar-refractivity contribution is 7.92. The molecule has 39 heavy (non-hydrogen) atoms. The largest absolute Gasteiger partial charge is 0.504 e. The number of carboxylic acid groups (broad SMARTS) is 1. The topological polar surface area (TPSA) is 188 Å². The lowest BCUT2D eigenvalue weighted by molar-refractivity contribution is -0.134. The molecule has 1 unspecified atom stereocenters. The van der Waals surface area contributed by atoms with E-state index in [9.17, 15) is 22.7 Å². The number of rotatable bonds is 9. The summed E-state index contributed by atoms with van der Waals surface area (Å²) in [6.07, 6.45) is 1.37. The fraction of sp³-hybridized carbons (Fsp3) is 0.167. The van der Waals surface area contributed by atoms with Crippen molar-refractivity contribution < 1.29 is 41.7 Å². The van der Waals surface area contributed by atoms with Gasteiger partial charge in [0, 0.05) is 23.9 Å². The molecule has 1 aliphatic rings. The molecule has 1 aliphatic heterocycles. The van der Waals surface area contributed by atoms with Crippen LogP contribution in [0.1, 0.15) is 17.3 Å². The second-order valence-corrected chi connectivity index (χ2v) is 10.3. The zero-order valence-electron chi connectivity index (χ0n) is 20.1. The number of pyridine rings is 1. The number of aromatic nitrogens is 1. The Bertz CT molecular complexity index is 1610. The van der Waals surface area contributed by atoms with Crippen LogP contribution in [0.25, 0.3) is 0 Å². The van der Waals surface area contributed by atoms with E-state index in [-0.39, 0.29) is 33.4 Å². The van der Waals surface area contributed by atoms with Gasteiger partial charge in [-0.3, -0.25) is 20.1 Å². The van der Waals surface area contributed by atoms with Gasteiger partial charge in [0.25, 0.3) is 5.88 Å². The van der Waals surface area contributed by atoms with Crippen molar-refractivity contribution in [2.24, 2.45) is 10.7 Å². The summed E-state index contributed by atoms with van der Waals surface area (Å²) in [5, 5.41) is 26.5. The van der Waals surface area contributed by atoms with E-state index in [2.05, 4.69) is 9.98 Å². The second kappa shape index (κ2) is 10.6. The lowest BCUT2D eigenvalue weighted by Crippen LogP contribution is -2.20. The van der Waals surface area contributed by atoms with Gasteiger partial charge in [0.05, 0.1) is 11.1 Å². The van der Waals surface area contributed by atoms with Gasteiger partial charge in [0.1, 0.15) is 17.8 Å². The van der Waals surface area contributed by atoms with E-state index < -0.39 is 56.7 Å². The van der Waals surface area contributed by atoms with Gasteiger partial charge in [-0.1, -0.05) is 0 Å². The minimum Gasteiger partial charge on any atom is -0.504 e. The maximum absolute atomic E-state index is 15.4. The molecule has 0 saturated carbocycles. The van der Waals surface area contributed by atoms with E-state index in [4.69, 9.17) is 25.7 Å². The number of hydrogen-bond donors (Lipinski definition) is 4. The van der Waals surface area contributed by atoms with Gasteiger partial charge in [-0.25, -0.2) is 17.8 Å². The van der Waals surface area contributed by atoms with E-state index in [1.807, 2.05) is 0 Å². The molecule has 1 aromatic heterocycles. The average Bonchev–Trinajstić information content (AvgIpc) is 3.29. The van der Waals surface area contributed by atoms with Crippen molar-refractivity contribution in [3.63, 3.8) is 0 Å². The minimum atomic E-state index is -4.24. The lowest BCUT2D eigenvalue weighted by Gasteiger charge is -2.22. The summed E-state index contributed by atoms with van der Waals surface area (Å²) in [5.74, 6) is -8.33. The molecule has 0 bridgehead atoms. The number of nitrogens with one attached hydrogen (secondary N) is 1. The third-order valence-electron chi connectivity index (χ3n) is 5.55. The highest BCUT2D eigenvalue weighted by atomic mass is 32.2. The second-order valence-electron chi connectivity index (χ2n) is 8.35. The molecule has 0 aliphatic carbocycles. The van der Waals surface area contributed by atoms with Gasteiger partial charge < -0.3 is 25.4 Å². The quantitative estimate of drug-likeness (QED) is 0.223. The van der Waals surface area contributed by atoms with E-state index in [0.717, 1.165) is 30.3 Å². The lowest BCUT2D eigenvalue weighted by atomic mass is 10.1. The minimum absolute atomic E-state index is 0.0996. The van der Waals surface area contributed by atoms with Gasteiger partial charge >= 0.3 is 5.97 Å². The first-order valence-electron chi connectivity index (χ1n) is 11.0. The van der Waals surface area contributed by atoms with Crippen molar-refractivity contribution in [1.29, 1.82) is 5.41 Å². The average molecular weight is 562 g/mol. The van der Waals surface area contributed by atoms with Crippen molar-refractivity contribution in [2.75, 3.05) is 19.3 Å². The Hall–Kier alpha value is -4.63. The molecule has 12 nitrogen and oxygen atoms in total. The third kappa shape index (κ3) is 5.78. The van der Waals surface area contributed by atoms with E-state index in [1.54, 1.807) is 18.2 Å². The van der Waals surface area contributed by atoms with Crippen molar-refractivity contribution in [3.8, 4) is 28.9 Å². The summed E-state index contributed by atoms with van der Waals surface area (Å²) in [5.41, 5.74) is 5.69. The summed E-state index contributed by atoms with van der Waals surface area (Å²) < 4.78 is 66.0. The van der Waals surface area contributed by atoms with Crippen LogP contribution in [0.4, 0.5) is 8.78 Å². The number of nitrogens with two attached hydrogens (primary N) is 1. The van der Waals surface area contributed by atoms with Crippen molar-refractivity contribution in [3.05, 3.63) is 65.4 Å². The van der Waals surface area contributed by atoms with E-state index in [1.165, 1.54) is 6.07 Å². The van der Waals surface area contributed by atoms with Crippen molar-refractivity contribution in [1.82, 2.24) is 9.88 Å². The number of carbonyl (C=O) groups is 1. The molecule has 3 aromatic rings. The number of amidine groups is 1. The fourth-order valence-electron chi connectivity index (χ4n) is 3.64. The first-order valence-corrected chi connectivity index (χ1v) is 12.7. The summed E-state index contributed by atoms with van der Waals surface area (Å²) in [6, 6.07) is 6.97. The molecular formula is C24H21F2N5O7S. The van der Waals surface area contributed by atoms with Gasteiger partial charge in [-0.15, -0.1) is 0 Å². The van der Waals surface area contributed by atoms with E-state index in [0.29, 0.717) is 12.7 Å². The summed E-state index contributed by atoms with van der Waals surface area (Å²) in [4.78, 5) is 20.2. The third-order valence-corrected chi connectivity index (χ3v) is 7.15. The fourth-order valence-corrected chi connectivity index (χ4v) is 4.72. The number of nitrogen functional groups attached to an aromatic ring is 1. The SMILES string of the molecule is CN1CC=NC1c1cc(S(=O)(=O)CC(=O)O)ccc1Oc1c(F)cnc(Oc2cc(C(=N)N)ccc2O)c1F. The van der Waals surface area contributed by atoms with Crippen LogP contribution in [-0.2, 0) is 14.6 Å². The predicted molar refractivity (Wildman–Crippen MR) is 133 cm³/mol. The Kier molecular flexibility index (Phi) is 7.47. The van der Waals surface area contributed by atoms with Crippen LogP contribution >= 0.6 is 0 Å². The van der Waals surface area contributed by atoms with Crippen LogP contribution in [0, 0.1) is 17.0 Å². The number of phenolic OH excluding ortho intramolecular Hbond substituents is 1. The van der Waals surface area contributed by atoms with Gasteiger partial charge in [-0.2, -0.15) is 4.39 Å². The number of phenols is 1. The molecule has 0 amide bonds. The number of halogens is 2. The van der Waals surface area contributed by atoms with Crippen LogP contribution in [0.2, 0.25) is 0 Å². The van der Waals surface area contributed by atoms with Crippen molar-refractivity contribution >= 4 is 27.9 Å². The molecule has 5 N–H and O–H groups in total. The number of nitrogens with zero attached hydrogens (tertiary/aromatic N) is 3. The number of ether oxygens (including phenoxy) is 2. The standard InChI is InChI=1S/C24H21F2N5O7S/c1-31-7-6-29-23(31)14-9-13(39(35,36)11-19(33)34)3-5-17(14)37-21-15(25)10-30-24(20(21)26)38-18-8-12(22(27)28)2-4-16(18)32/h2-6,8-10,23,32H,7,11H2,1H3,(H3,27,28)(H,33,34). The number of aromatic hydroxyl groups is 1. The monoisotopic (exact) mass is 561 g/mol. The molecule has 0 spiro atoms. The number of hydrogen-bond acceptors (Lipinski definition) is 10. The number of carboxylic acids is 1. The zero-order valence-corrected chi connectivity index (χ0v) is 20.9. The van der Waals surface area contributed by atoms with E-state index >= 15 is 4.39 Å². The first kappa shape index (κ1) is 27.4. The Labute approximate surface area is 220 Å². The molecule has 4 rings (SSSR count). The maximum Gasteiger partial charge on any atom is 0.319 e. The summed E-state index contributed by atoms with van der Waals surface area (Å²) >= 11 is 0. The molecule has 204 valence electrons. The number of benzene rings is 2. The van der Waals surface area contributed by atoms with Crippen LogP contribution in [0.15, 0.2) is 52.5 Å². The highest BCUT2D eigenvalue weighted by Gasteiger charge is 2.29. The van der Waals surface area contributed by atoms with Gasteiger partial charge in [-0.05, 0) is 43.4 Å². The summed E-state index contributed by atoms with van der Waals surface area (Å²) in [7, 11) is -2.57. The molecular weight excluding hydrogens is 540 g/mol. The molecule has 1 atom stereocenters. The van der Waals surface area contributed by atoms with Crippen LogP contribution < -0.4 is 15.2 Å². The summed E-state index contributed by atoms with van der Waals surface area (Å²) in [6.45, 7) is 0.384. The molecule has 0 radical (unpaired) electrons. The molecule has 15 heteroatoms. The zero-order chi connectivity index (χ0) is 28.5. The Morgan fingerprint density at radius 1 is 1.21 bits per heavy atom.